The molecule has 0 saturated heterocycles. The number of benzene rings is 5. The third kappa shape index (κ3) is 4.63. The topological polar surface area (TPSA) is 38.1 Å². The van der Waals surface area contributed by atoms with Crippen molar-refractivity contribution >= 4 is 17.0 Å². The Balaban J connectivity index is 1.37. The Morgan fingerprint density at radius 1 is 0.600 bits per heavy atom. The number of nitrogens with zero attached hydrogens (tertiary/aromatic N) is 3. The summed E-state index contributed by atoms with van der Waals surface area (Å²) in [6.45, 7) is 0. The van der Waals surface area contributed by atoms with Gasteiger partial charge in [-0.05, 0) is 39.4 Å². The molecule has 3 nitrogen and oxygen atoms in total. The highest BCUT2D eigenvalue weighted by atomic mass is 14.9. The van der Waals surface area contributed by atoms with E-state index < -0.39 is 0 Å². The molecule has 1 aliphatic heterocycles. The summed E-state index contributed by atoms with van der Waals surface area (Å²) in [5.41, 5.74) is 8.76. The molecule has 1 atom stereocenters. The molecular formula is C37H27N3. The van der Waals surface area contributed by atoms with Gasteiger partial charge in [-0.15, -0.1) is 0 Å². The van der Waals surface area contributed by atoms with E-state index in [1.807, 2.05) is 24.7 Å². The maximum absolute atomic E-state index is 5.24. The molecule has 0 amide bonds. The molecule has 0 bridgehead atoms. The first-order chi connectivity index (χ1) is 19.8. The van der Waals surface area contributed by atoms with Crippen LogP contribution in [-0.4, -0.2) is 16.2 Å². The largest absolute Gasteiger partial charge is 0.269 e. The lowest BCUT2D eigenvalue weighted by Crippen LogP contribution is -2.02. The maximum atomic E-state index is 5.24. The van der Waals surface area contributed by atoms with Gasteiger partial charge < -0.3 is 0 Å². The smallest absolute Gasteiger partial charge is 0.160 e. The molecule has 0 saturated carbocycles. The van der Waals surface area contributed by atoms with Crippen LogP contribution in [0, 0.1) is 0 Å². The summed E-state index contributed by atoms with van der Waals surface area (Å²) < 4.78 is 0. The zero-order valence-electron chi connectivity index (χ0n) is 22.0. The monoisotopic (exact) mass is 513 g/mol. The quantitative estimate of drug-likeness (QED) is 0.230. The van der Waals surface area contributed by atoms with Crippen molar-refractivity contribution in [3.63, 3.8) is 0 Å². The molecule has 0 aliphatic carbocycles. The Bertz CT molecular complexity index is 1860. The molecule has 0 N–H and O–H groups in total. The SMILES string of the molecule is C1=CN=CC(c2cccc(-c3cnc(-c4cccc5ccccc45)nc3-c3ccc(-c4ccccc4)cc3)c2)C1. The molecule has 40 heavy (non-hydrogen) atoms. The number of hydrogen-bond acceptors (Lipinski definition) is 3. The Kier molecular flexibility index (Phi) is 6.31. The van der Waals surface area contributed by atoms with Crippen molar-refractivity contribution < 1.29 is 0 Å². The standard InChI is InChI=1S/C37H27N3/c1-2-9-26(10-3-1)27-18-20-29(21-19-27)36-35(31-14-6-13-30(23-31)32-15-8-22-38-24-32)25-39-37(40-36)34-17-7-12-28-11-4-5-16-33(28)34/h1-14,16-25,32H,15H2. The Hall–Kier alpha value is -5.15. The van der Waals surface area contributed by atoms with Crippen molar-refractivity contribution in [2.45, 2.75) is 12.3 Å². The number of rotatable bonds is 5. The van der Waals surface area contributed by atoms with E-state index in [2.05, 4.69) is 126 Å². The zero-order chi connectivity index (χ0) is 26.7. The second-order valence-corrected chi connectivity index (χ2v) is 10.1. The van der Waals surface area contributed by atoms with Crippen LogP contribution in [0.5, 0.6) is 0 Å². The summed E-state index contributed by atoms with van der Waals surface area (Å²) in [5, 5.41) is 2.33. The third-order valence-electron chi connectivity index (χ3n) is 7.56. The molecule has 2 heterocycles. The molecule has 6 aromatic rings. The third-order valence-corrected chi connectivity index (χ3v) is 7.56. The molecule has 0 spiro atoms. The zero-order valence-corrected chi connectivity index (χ0v) is 22.0. The summed E-state index contributed by atoms with van der Waals surface area (Å²) in [4.78, 5) is 14.5. The summed E-state index contributed by atoms with van der Waals surface area (Å²) in [6, 6.07) is 42.6. The lowest BCUT2D eigenvalue weighted by molar-refractivity contribution is 0.909. The maximum Gasteiger partial charge on any atom is 0.160 e. The van der Waals surface area contributed by atoms with Crippen molar-refractivity contribution in [3.05, 3.63) is 145 Å². The normalized spacial score (nSPS) is 14.4. The van der Waals surface area contributed by atoms with E-state index in [1.54, 1.807) is 0 Å². The van der Waals surface area contributed by atoms with Crippen LogP contribution in [-0.2, 0) is 0 Å². The number of aliphatic imine (C=N–C) groups is 1. The minimum atomic E-state index is 0.273. The van der Waals surface area contributed by atoms with Crippen molar-refractivity contribution in [1.82, 2.24) is 9.97 Å². The molecular weight excluding hydrogens is 486 g/mol. The molecule has 1 unspecified atom stereocenters. The highest BCUT2D eigenvalue weighted by molar-refractivity contribution is 5.95. The molecule has 0 fully saturated rings. The van der Waals surface area contributed by atoms with Gasteiger partial charge in [0.15, 0.2) is 5.82 Å². The van der Waals surface area contributed by atoms with Gasteiger partial charge in [0.25, 0.3) is 0 Å². The Labute approximate surface area is 234 Å². The fourth-order valence-electron chi connectivity index (χ4n) is 5.46. The van der Waals surface area contributed by atoms with Crippen molar-refractivity contribution in [1.29, 1.82) is 0 Å². The van der Waals surface area contributed by atoms with Gasteiger partial charge in [0.05, 0.1) is 5.69 Å². The van der Waals surface area contributed by atoms with Crippen molar-refractivity contribution in [3.8, 4) is 44.9 Å². The van der Waals surface area contributed by atoms with Crippen LogP contribution < -0.4 is 0 Å². The van der Waals surface area contributed by atoms with E-state index in [0.717, 1.165) is 45.6 Å². The van der Waals surface area contributed by atoms with E-state index in [9.17, 15) is 0 Å². The van der Waals surface area contributed by atoms with Gasteiger partial charge in [0, 0.05) is 41.2 Å². The number of hydrogen-bond donors (Lipinski definition) is 0. The fraction of sp³-hybridized carbons (Fsp3) is 0.0541. The van der Waals surface area contributed by atoms with Crippen LogP contribution in [0.25, 0.3) is 55.7 Å². The van der Waals surface area contributed by atoms with E-state index in [-0.39, 0.29) is 5.92 Å². The second kappa shape index (κ2) is 10.5. The summed E-state index contributed by atoms with van der Waals surface area (Å²) in [5.74, 6) is 0.998. The van der Waals surface area contributed by atoms with Crippen LogP contribution in [0.4, 0.5) is 0 Å². The lowest BCUT2D eigenvalue weighted by Gasteiger charge is -2.16. The molecule has 7 rings (SSSR count). The van der Waals surface area contributed by atoms with Gasteiger partial charge in [-0.25, -0.2) is 9.97 Å². The molecule has 1 aromatic heterocycles. The van der Waals surface area contributed by atoms with Gasteiger partial charge in [-0.1, -0.05) is 127 Å². The predicted molar refractivity (Wildman–Crippen MR) is 166 cm³/mol. The predicted octanol–water partition coefficient (Wildman–Crippen LogP) is 9.37. The van der Waals surface area contributed by atoms with Crippen molar-refractivity contribution in [2.75, 3.05) is 0 Å². The average Bonchev–Trinajstić information content (AvgIpc) is 3.05. The van der Waals surface area contributed by atoms with E-state index in [4.69, 9.17) is 9.97 Å². The Morgan fingerprint density at radius 3 is 2.17 bits per heavy atom. The van der Waals surface area contributed by atoms with Gasteiger partial charge in [0.1, 0.15) is 0 Å². The first-order valence-corrected chi connectivity index (χ1v) is 13.6. The second-order valence-electron chi connectivity index (χ2n) is 10.1. The summed E-state index contributed by atoms with van der Waals surface area (Å²) in [6.07, 6.45) is 8.97. The molecule has 190 valence electrons. The minimum absolute atomic E-state index is 0.273. The highest BCUT2D eigenvalue weighted by Crippen LogP contribution is 2.36. The Morgan fingerprint density at radius 2 is 1.32 bits per heavy atom. The highest BCUT2D eigenvalue weighted by Gasteiger charge is 2.17. The average molecular weight is 514 g/mol. The van der Waals surface area contributed by atoms with Gasteiger partial charge >= 0.3 is 0 Å². The first-order valence-electron chi connectivity index (χ1n) is 13.6. The summed E-state index contributed by atoms with van der Waals surface area (Å²) >= 11 is 0. The van der Waals surface area contributed by atoms with Crippen LogP contribution in [0.15, 0.2) is 145 Å². The first kappa shape index (κ1) is 23.9. The number of allylic oxidation sites excluding steroid dienone is 1. The molecule has 1 aliphatic rings. The van der Waals surface area contributed by atoms with Crippen LogP contribution >= 0.6 is 0 Å². The van der Waals surface area contributed by atoms with E-state index >= 15 is 0 Å². The van der Waals surface area contributed by atoms with E-state index in [0.29, 0.717) is 0 Å². The van der Waals surface area contributed by atoms with Crippen LogP contribution in [0.2, 0.25) is 0 Å². The fourth-order valence-corrected chi connectivity index (χ4v) is 5.46. The summed E-state index contributed by atoms with van der Waals surface area (Å²) in [7, 11) is 0. The van der Waals surface area contributed by atoms with Crippen molar-refractivity contribution in [2.24, 2.45) is 4.99 Å². The van der Waals surface area contributed by atoms with Gasteiger partial charge in [0.2, 0.25) is 0 Å². The molecule has 5 aromatic carbocycles. The molecule has 3 heteroatoms. The molecule has 0 radical (unpaired) electrons. The van der Waals surface area contributed by atoms with Crippen LogP contribution in [0.3, 0.4) is 0 Å². The number of aromatic nitrogens is 2. The minimum Gasteiger partial charge on any atom is -0.269 e. The van der Waals surface area contributed by atoms with Gasteiger partial charge in [-0.3, -0.25) is 4.99 Å². The van der Waals surface area contributed by atoms with Gasteiger partial charge in [-0.2, -0.15) is 0 Å². The van der Waals surface area contributed by atoms with E-state index in [1.165, 1.54) is 22.1 Å². The number of fused-ring (bicyclic) bond motifs is 1. The van der Waals surface area contributed by atoms with Crippen LogP contribution in [0.1, 0.15) is 17.9 Å². The lowest BCUT2D eigenvalue weighted by atomic mass is 9.91.